The molecular weight excluding hydrogens is 231 g/mol. The second-order valence-corrected chi connectivity index (χ2v) is 5.01. The topological polar surface area (TPSA) is 55.1 Å². The van der Waals surface area contributed by atoms with E-state index in [-0.39, 0.29) is 11.4 Å². The summed E-state index contributed by atoms with van der Waals surface area (Å²) in [5.41, 5.74) is 5.86. The molecule has 1 fully saturated rings. The molecule has 0 atom stereocenters. The number of nitrogens with one attached hydrogen (secondary N) is 1. The summed E-state index contributed by atoms with van der Waals surface area (Å²) in [6.07, 6.45) is 5.17. The van der Waals surface area contributed by atoms with E-state index >= 15 is 0 Å². The fourth-order valence-corrected chi connectivity index (χ4v) is 2.55. The van der Waals surface area contributed by atoms with Crippen molar-refractivity contribution in [1.82, 2.24) is 5.32 Å². The molecule has 0 aromatic heterocycles. The second-order valence-electron chi connectivity index (χ2n) is 5.01. The van der Waals surface area contributed by atoms with Crippen molar-refractivity contribution in [3.05, 3.63) is 35.6 Å². The number of nitrogens with two attached hydrogens (primary N) is 1. The molecule has 2 rings (SSSR count). The van der Waals surface area contributed by atoms with E-state index in [0.717, 1.165) is 25.7 Å². The highest BCUT2D eigenvalue weighted by molar-refractivity contribution is 5.94. The summed E-state index contributed by atoms with van der Waals surface area (Å²) >= 11 is 0. The van der Waals surface area contributed by atoms with Crippen molar-refractivity contribution in [2.75, 3.05) is 6.54 Å². The maximum atomic E-state index is 13.1. The summed E-state index contributed by atoms with van der Waals surface area (Å²) in [6, 6.07) is 5.74. The van der Waals surface area contributed by atoms with Gasteiger partial charge in [0.05, 0.1) is 5.54 Å². The minimum absolute atomic E-state index is 0.234. The average Bonchev–Trinajstić information content (AvgIpc) is 2.40. The molecule has 3 N–H and O–H groups in total. The molecule has 0 spiro atoms. The van der Waals surface area contributed by atoms with Gasteiger partial charge in [0.2, 0.25) is 0 Å². The fraction of sp³-hybridized carbons (Fsp3) is 0.500. The molecule has 1 aliphatic rings. The Hall–Kier alpha value is -1.42. The molecule has 1 amide bonds. The number of halogens is 1. The van der Waals surface area contributed by atoms with Crippen LogP contribution in [0.4, 0.5) is 4.39 Å². The zero-order valence-electron chi connectivity index (χ0n) is 10.4. The van der Waals surface area contributed by atoms with Crippen LogP contribution in [0.2, 0.25) is 0 Å². The first kappa shape index (κ1) is 13.0. The summed E-state index contributed by atoms with van der Waals surface area (Å²) in [5, 5.41) is 2.99. The van der Waals surface area contributed by atoms with Crippen molar-refractivity contribution in [3.63, 3.8) is 0 Å². The summed E-state index contributed by atoms with van der Waals surface area (Å²) in [5.74, 6) is -0.630. The van der Waals surface area contributed by atoms with Crippen LogP contribution in [0.3, 0.4) is 0 Å². The molecule has 0 heterocycles. The Kier molecular flexibility index (Phi) is 3.97. The van der Waals surface area contributed by atoms with Crippen LogP contribution in [0.25, 0.3) is 0 Å². The molecule has 1 aromatic rings. The number of amides is 1. The molecule has 0 bridgehead atoms. The van der Waals surface area contributed by atoms with Crippen LogP contribution in [0, 0.1) is 5.82 Å². The molecule has 4 heteroatoms. The maximum Gasteiger partial charge on any atom is 0.251 e. The van der Waals surface area contributed by atoms with Gasteiger partial charge in [-0.25, -0.2) is 4.39 Å². The van der Waals surface area contributed by atoms with Crippen LogP contribution in [-0.2, 0) is 0 Å². The lowest BCUT2D eigenvalue weighted by molar-refractivity contribution is 0.0874. The molecule has 3 nitrogen and oxygen atoms in total. The summed E-state index contributed by atoms with van der Waals surface area (Å²) in [6.45, 7) is 0.439. The van der Waals surface area contributed by atoms with Gasteiger partial charge in [0.25, 0.3) is 5.91 Å². The lowest BCUT2D eigenvalue weighted by Crippen LogP contribution is -2.54. The van der Waals surface area contributed by atoms with E-state index in [0.29, 0.717) is 12.1 Å². The zero-order valence-corrected chi connectivity index (χ0v) is 10.4. The lowest BCUT2D eigenvalue weighted by Gasteiger charge is -2.37. The van der Waals surface area contributed by atoms with E-state index in [1.165, 1.54) is 18.6 Å². The minimum Gasteiger partial charge on any atom is -0.345 e. The van der Waals surface area contributed by atoms with E-state index < -0.39 is 5.82 Å². The SMILES string of the molecule is NCC1(NC(=O)c2cccc(F)c2)CCCCC1. The molecule has 98 valence electrons. The van der Waals surface area contributed by atoms with Crippen molar-refractivity contribution >= 4 is 5.91 Å². The number of carbonyl (C=O) groups is 1. The molecule has 1 saturated carbocycles. The molecule has 0 aliphatic heterocycles. The van der Waals surface area contributed by atoms with E-state index in [1.807, 2.05) is 0 Å². The van der Waals surface area contributed by atoms with Crippen molar-refractivity contribution in [2.45, 2.75) is 37.6 Å². The second kappa shape index (κ2) is 5.48. The highest BCUT2D eigenvalue weighted by Gasteiger charge is 2.32. The predicted molar refractivity (Wildman–Crippen MR) is 68.7 cm³/mol. The Labute approximate surface area is 107 Å². The van der Waals surface area contributed by atoms with Crippen LogP contribution >= 0.6 is 0 Å². The fourth-order valence-electron chi connectivity index (χ4n) is 2.55. The smallest absolute Gasteiger partial charge is 0.251 e. The molecule has 1 aromatic carbocycles. The van der Waals surface area contributed by atoms with Crippen molar-refractivity contribution in [3.8, 4) is 0 Å². The monoisotopic (exact) mass is 250 g/mol. The van der Waals surface area contributed by atoms with E-state index in [4.69, 9.17) is 5.73 Å². The predicted octanol–water partition coefficient (Wildman–Crippen LogP) is 2.22. The van der Waals surface area contributed by atoms with Gasteiger partial charge in [-0.15, -0.1) is 0 Å². The van der Waals surface area contributed by atoms with Crippen LogP contribution < -0.4 is 11.1 Å². The summed E-state index contributed by atoms with van der Waals surface area (Å²) < 4.78 is 13.1. The van der Waals surface area contributed by atoms with Gasteiger partial charge < -0.3 is 11.1 Å². The highest BCUT2D eigenvalue weighted by atomic mass is 19.1. The van der Waals surface area contributed by atoms with Gasteiger partial charge >= 0.3 is 0 Å². The third kappa shape index (κ3) is 2.88. The van der Waals surface area contributed by atoms with Crippen LogP contribution in [-0.4, -0.2) is 18.0 Å². The third-order valence-electron chi connectivity index (χ3n) is 3.67. The normalized spacial score (nSPS) is 18.3. The average molecular weight is 250 g/mol. The molecule has 0 unspecified atom stereocenters. The van der Waals surface area contributed by atoms with Crippen molar-refractivity contribution < 1.29 is 9.18 Å². The summed E-state index contributed by atoms with van der Waals surface area (Å²) in [7, 11) is 0. The summed E-state index contributed by atoms with van der Waals surface area (Å²) in [4.78, 5) is 12.1. The number of benzene rings is 1. The number of hydrogen-bond donors (Lipinski definition) is 2. The minimum atomic E-state index is -0.395. The van der Waals surface area contributed by atoms with Crippen LogP contribution in [0.1, 0.15) is 42.5 Å². The molecule has 0 radical (unpaired) electrons. The van der Waals surface area contributed by atoms with Gasteiger partial charge in [0.1, 0.15) is 5.82 Å². The first-order valence-corrected chi connectivity index (χ1v) is 6.43. The Bertz CT molecular complexity index is 428. The molecule has 18 heavy (non-hydrogen) atoms. The van der Waals surface area contributed by atoms with E-state index in [1.54, 1.807) is 12.1 Å². The molecule has 1 aliphatic carbocycles. The van der Waals surface area contributed by atoms with Crippen LogP contribution in [0.15, 0.2) is 24.3 Å². The van der Waals surface area contributed by atoms with E-state index in [9.17, 15) is 9.18 Å². The largest absolute Gasteiger partial charge is 0.345 e. The lowest BCUT2D eigenvalue weighted by atomic mass is 9.81. The number of hydrogen-bond acceptors (Lipinski definition) is 2. The number of rotatable bonds is 3. The Morgan fingerprint density at radius 3 is 2.67 bits per heavy atom. The standard InChI is InChI=1S/C14H19FN2O/c15-12-6-4-5-11(9-12)13(18)17-14(10-16)7-2-1-3-8-14/h4-6,9H,1-3,7-8,10,16H2,(H,17,18). The molecular formula is C14H19FN2O. The first-order chi connectivity index (χ1) is 8.65. The maximum absolute atomic E-state index is 13.1. The first-order valence-electron chi connectivity index (χ1n) is 6.43. The van der Waals surface area contributed by atoms with E-state index in [2.05, 4.69) is 5.32 Å². The van der Waals surface area contributed by atoms with Crippen molar-refractivity contribution in [2.24, 2.45) is 5.73 Å². The van der Waals surface area contributed by atoms with Gasteiger partial charge in [-0.05, 0) is 31.0 Å². The number of carbonyl (C=O) groups excluding carboxylic acids is 1. The zero-order chi connectivity index (χ0) is 13.0. The Morgan fingerprint density at radius 2 is 2.06 bits per heavy atom. The van der Waals surface area contributed by atoms with Gasteiger partial charge in [0.15, 0.2) is 0 Å². The van der Waals surface area contributed by atoms with Gasteiger partial charge in [-0.3, -0.25) is 4.79 Å². The van der Waals surface area contributed by atoms with Gasteiger partial charge in [-0.1, -0.05) is 25.3 Å². The van der Waals surface area contributed by atoms with Crippen molar-refractivity contribution in [1.29, 1.82) is 0 Å². The highest BCUT2D eigenvalue weighted by Crippen LogP contribution is 2.27. The quantitative estimate of drug-likeness (QED) is 0.864. The Morgan fingerprint density at radius 1 is 1.33 bits per heavy atom. The Balaban J connectivity index is 2.10. The molecule has 0 saturated heterocycles. The van der Waals surface area contributed by atoms with Crippen LogP contribution in [0.5, 0.6) is 0 Å². The van der Waals surface area contributed by atoms with Gasteiger partial charge in [-0.2, -0.15) is 0 Å². The third-order valence-corrected chi connectivity index (χ3v) is 3.67. The van der Waals surface area contributed by atoms with Gasteiger partial charge in [0, 0.05) is 12.1 Å².